The van der Waals surface area contributed by atoms with Crippen LogP contribution < -0.4 is 16.2 Å². The molecule has 144 valence electrons. The molecule has 1 aliphatic carbocycles. The zero-order valence-electron chi connectivity index (χ0n) is 16.3. The number of benzene rings is 1. The summed E-state index contributed by atoms with van der Waals surface area (Å²) in [5.41, 5.74) is 14.2. The van der Waals surface area contributed by atoms with Gasteiger partial charge >= 0.3 is 0 Å². The summed E-state index contributed by atoms with van der Waals surface area (Å²) in [6.07, 6.45) is 2.49. The van der Waals surface area contributed by atoms with Crippen molar-refractivity contribution in [3.8, 4) is 5.75 Å². The van der Waals surface area contributed by atoms with Crippen LogP contribution in [0.2, 0.25) is 0 Å². The number of ether oxygens (including phenoxy) is 2. The van der Waals surface area contributed by atoms with E-state index in [1.807, 2.05) is 32.0 Å². The van der Waals surface area contributed by atoms with Gasteiger partial charge in [-0.2, -0.15) is 0 Å². The monoisotopic (exact) mass is 394 g/mol. The molecule has 0 radical (unpaired) electrons. The van der Waals surface area contributed by atoms with Crippen molar-refractivity contribution < 1.29 is 9.47 Å². The molecule has 1 fully saturated rings. The van der Waals surface area contributed by atoms with Crippen molar-refractivity contribution in [2.24, 2.45) is 22.3 Å². The van der Waals surface area contributed by atoms with Crippen molar-refractivity contribution in [1.82, 2.24) is 0 Å². The molecule has 1 aliphatic rings. The van der Waals surface area contributed by atoms with Gasteiger partial charge < -0.3 is 20.9 Å². The summed E-state index contributed by atoms with van der Waals surface area (Å²) in [7, 11) is 0. The molecule has 1 aromatic rings. The Labute approximate surface area is 167 Å². The number of rotatable bonds is 4. The first-order valence-electron chi connectivity index (χ1n) is 8.93. The highest BCUT2D eigenvalue weighted by molar-refractivity contribution is 7.80. The smallest absolute Gasteiger partial charge is 0.254 e. The molecular formula is C20H30N2O2S2. The summed E-state index contributed by atoms with van der Waals surface area (Å²) in [5.74, 6) is 0.764. The molecule has 26 heavy (non-hydrogen) atoms. The van der Waals surface area contributed by atoms with E-state index >= 15 is 0 Å². The molecular weight excluding hydrogens is 364 g/mol. The summed E-state index contributed by atoms with van der Waals surface area (Å²) in [5, 5.41) is 0.491. The number of nitrogens with two attached hydrogens (primary N) is 2. The van der Waals surface area contributed by atoms with Crippen LogP contribution in [0.3, 0.4) is 0 Å². The minimum absolute atomic E-state index is 0.0505. The average Bonchev–Trinajstić information content (AvgIpc) is 2.48. The Morgan fingerprint density at radius 1 is 1.19 bits per heavy atom. The van der Waals surface area contributed by atoms with E-state index in [4.69, 9.17) is 45.4 Å². The van der Waals surface area contributed by atoms with Crippen LogP contribution in [0.15, 0.2) is 18.2 Å². The Morgan fingerprint density at radius 3 is 2.46 bits per heavy atom. The van der Waals surface area contributed by atoms with Crippen molar-refractivity contribution in [2.45, 2.75) is 66.0 Å². The normalized spacial score (nSPS) is 26.0. The van der Waals surface area contributed by atoms with E-state index in [0.29, 0.717) is 5.05 Å². The van der Waals surface area contributed by atoms with Crippen molar-refractivity contribution in [2.75, 3.05) is 0 Å². The molecule has 0 aromatic heterocycles. The Hall–Kier alpha value is -1.24. The van der Waals surface area contributed by atoms with Crippen LogP contribution in [0.1, 0.15) is 51.2 Å². The Balaban J connectivity index is 2.19. The standard InChI is InChI=1S/C20H30N2O2S2/c1-12-7-6-8-15(13(12)2)24-17(25)16(21)20(5)10-14(23-18(22)26)9-19(3,4)11-20/h6-8,14,16H,9-11,21H2,1-5H3,(H2,22,26). The maximum atomic E-state index is 6.59. The topological polar surface area (TPSA) is 70.5 Å². The van der Waals surface area contributed by atoms with Crippen LogP contribution in [0, 0.1) is 24.7 Å². The predicted molar refractivity (Wildman–Crippen MR) is 115 cm³/mol. The molecule has 2 rings (SSSR count). The first kappa shape index (κ1) is 21.1. The highest BCUT2D eigenvalue weighted by Crippen LogP contribution is 2.48. The fourth-order valence-corrected chi connectivity index (χ4v) is 4.73. The van der Waals surface area contributed by atoms with E-state index in [2.05, 4.69) is 20.8 Å². The lowest BCUT2D eigenvalue weighted by molar-refractivity contribution is -0.00549. The SMILES string of the molecule is Cc1cccc(OC(=S)C(N)C2(C)CC(OC(N)=S)CC(C)(C)C2)c1C. The lowest BCUT2D eigenvalue weighted by Crippen LogP contribution is -2.53. The molecule has 0 bridgehead atoms. The van der Waals surface area contributed by atoms with Gasteiger partial charge in [0.05, 0.1) is 6.04 Å². The molecule has 6 heteroatoms. The minimum atomic E-state index is -0.394. The third-order valence-electron chi connectivity index (χ3n) is 5.41. The van der Waals surface area contributed by atoms with Gasteiger partial charge in [-0.3, -0.25) is 0 Å². The maximum absolute atomic E-state index is 6.59. The van der Waals surface area contributed by atoms with Gasteiger partial charge in [0.25, 0.3) is 5.17 Å². The summed E-state index contributed by atoms with van der Waals surface area (Å²) in [6, 6.07) is 5.54. The summed E-state index contributed by atoms with van der Waals surface area (Å²) in [4.78, 5) is 0. The van der Waals surface area contributed by atoms with Gasteiger partial charge in [-0.15, -0.1) is 0 Å². The van der Waals surface area contributed by atoms with Gasteiger partial charge in [-0.05, 0) is 85.6 Å². The van der Waals surface area contributed by atoms with Gasteiger partial charge in [-0.25, -0.2) is 0 Å². The number of thiocarbonyl (C=S) groups is 2. The van der Waals surface area contributed by atoms with Crippen LogP contribution in [0.25, 0.3) is 0 Å². The van der Waals surface area contributed by atoms with Gasteiger partial charge in [0.15, 0.2) is 5.05 Å². The van der Waals surface area contributed by atoms with Crippen molar-refractivity contribution in [3.63, 3.8) is 0 Å². The molecule has 0 saturated heterocycles. The highest BCUT2D eigenvalue weighted by atomic mass is 32.1. The summed E-state index contributed by atoms with van der Waals surface area (Å²) >= 11 is 10.5. The van der Waals surface area contributed by atoms with E-state index < -0.39 is 6.04 Å². The summed E-state index contributed by atoms with van der Waals surface area (Å²) in [6.45, 7) is 10.6. The average molecular weight is 395 g/mol. The number of hydrogen-bond donors (Lipinski definition) is 2. The molecule has 1 aromatic carbocycles. The van der Waals surface area contributed by atoms with Crippen molar-refractivity contribution in [3.05, 3.63) is 29.3 Å². The third kappa shape index (κ3) is 4.93. The Bertz CT molecular complexity index is 705. The Morgan fingerprint density at radius 2 is 1.85 bits per heavy atom. The first-order valence-corrected chi connectivity index (χ1v) is 9.75. The minimum Gasteiger partial charge on any atom is -0.468 e. The summed E-state index contributed by atoms with van der Waals surface area (Å²) < 4.78 is 11.7. The molecule has 1 saturated carbocycles. The second kappa shape index (κ2) is 7.79. The number of aryl methyl sites for hydroxylation is 1. The second-order valence-corrected chi connectivity index (χ2v) is 9.36. The molecule has 3 atom stereocenters. The predicted octanol–water partition coefficient (Wildman–Crippen LogP) is 4.18. The maximum Gasteiger partial charge on any atom is 0.254 e. The van der Waals surface area contributed by atoms with Crippen LogP contribution in [0.5, 0.6) is 5.75 Å². The van der Waals surface area contributed by atoms with E-state index in [-0.39, 0.29) is 22.1 Å². The lowest BCUT2D eigenvalue weighted by Gasteiger charge is -2.48. The molecule has 4 N–H and O–H groups in total. The molecule has 0 aliphatic heterocycles. The number of hydrogen-bond acceptors (Lipinski definition) is 5. The van der Waals surface area contributed by atoms with Gasteiger partial charge in [0.2, 0.25) is 0 Å². The fraction of sp³-hybridized carbons (Fsp3) is 0.600. The van der Waals surface area contributed by atoms with E-state index in [1.54, 1.807) is 0 Å². The largest absolute Gasteiger partial charge is 0.468 e. The van der Waals surface area contributed by atoms with E-state index in [1.165, 1.54) is 0 Å². The molecule has 0 spiro atoms. The second-order valence-electron chi connectivity index (χ2n) is 8.56. The lowest BCUT2D eigenvalue weighted by atomic mass is 9.60. The first-order chi connectivity index (χ1) is 11.9. The van der Waals surface area contributed by atoms with Crippen LogP contribution >= 0.6 is 24.4 Å². The molecule has 4 nitrogen and oxygen atoms in total. The van der Waals surface area contributed by atoms with Crippen LogP contribution in [-0.2, 0) is 4.74 Å². The van der Waals surface area contributed by atoms with Crippen molar-refractivity contribution >= 4 is 34.7 Å². The zero-order valence-corrected chi connectivity index (χ0v) is 17.9. The van der Waals surface area contributed by atoms with E-state index in [0.717, 1.165) is 36.1 Å². The van der Waals surface area contributed by atoms with Gasteiger partial charge in [-0.1, -0.05) is 32.9 Å². The van der Waals surface area contributed by atoms with Crippen molar-refractivity contribution in [1.29, 1.82) is 0 Å². The van der Waals surface area contributed by atoms with Gasteiger partial charge in [0, 0.05) is 0 Å². The van der Waals surface area contributed by atoms with Crippen LogP contribution in [-0.4, -0.2) is 22.4 Å². The third-order valence-corrected chi connectivity index (χ3v) is 5.84. The Kier molecular flexibility index (Phi) is 6.31. The molecule has 0 heterocycles. The van der Waals surface area contributed by atoms with Gasteiger partial charge in [0.1, 0.15) is 11.9 Å². The molecule has 3 unspecified atom stereocenters. The molecule has 0 amide bonds. The van der Waals surface area contributed by atoms with Crippen LogP contribution in [0.4, 0.5) is 0 Å². The quantitative estimate of drug-likeness (QED) is 0.747. The zero-order chi connectivity index (χ0) is 19.7. The highest BCUT2D eigenvalue weighted by Gasteiger charge is 2.47. The fourth-order valence-electron chi connectivity index (χ4n) is 4.22. The van der Waals surface area contributed by atoms with E-state index in [9.17, 15) is 0 Å².